The molecule has 0 unspecified atom stereocenters. The molecule has 0 fully saturated rings. The van der Waals surface area contributed by atoms with Gasteiger partial charge in [-0.25, -0.2) is 4.79 Å². The topological polar surface area (TPSA) is 112 Å². The van der Waals surface area contributed by atoms with Gasteiger partial charge in [-0.1, -0.05) is 18.2 Å². The van der Waals surface area contributed by atoms with Crippen molar-refractivity contribution in [3.63, 3.8) is 0 Å². The molecule has 7 heteroatoms. The first kappa shape index (κ1) is 17.3. The molecule has 1 aromatic carbocycles. The molecule has 1 heterocycles. The van der Waals surface area contributed by atoms with Crippen LogP contribution in [-0.4, -0.2) is 33.9 Å². The number of hydrogen-bond acceptors (Lipinski definition) is 4. The fraction of sp³-hybridized carbons (Fsp3) is 0.235. The lowest BCUT2D eigenvalue weighted by molar-refractivity contribution is -0.139. The molecule has 0 aliphatic rings. The lowest BCUT2D eigenvalue weighted by Gasteiger charge is -2.07. The number of benzene rings is 1. The first-order chi connectivity index (χ1) is 11.4. The van der Waals surface area contributed by atoms with E-state index >= 15 is 0 Å². The first-order valence-electron chi connectivity index (χ1n) is 7.30. The molecule has 0 atom stereocenters. The Hall–Kier alpha value is -3.09. The number of nitrogens with two attached hydrogens (primary N) is 1. The zero-order valence-electron chi connectivity index (χ0n) is 13.4. The van der Waals surface area contributed by atoms with Gasteiger partial charge in [0.1, 0.15) is 5.75 Å². The maximum Gasteiger partial charge on any atom is 0.341 e. The van der Waals surface area contributed by atoms with Crippen molar-refractivity contribution in [2.24, 2.45) is 5.73 Å². The quantitative estimate of drug-likeness (QED) is 0.455. The molecular weight excluding hydrogens is 312 g/mol. The summed E-state index contributed by atoms with van der Waals surface area (Å²) in [4.78, 5) is 34.5. The molecule has 3 N–H and O–H groups in total. The molecule has 2 rings (SSSR count). The van der Waals surface area contributed by atoms with E-state index in [1.54, 1.807) is 25.1 Å². The minimum atomic E-state index is -1.14. The Morgan fingerprint density at radius 3 is 2.62 bits per heavy atom. The lowest BCUT2D eigenvalue weighted by atomic mass is 10.1. The van der Waals surface area contributed by atoms with Crippen molar-refractivity contribution in [3.05, 3.63) is 41.6 Å². The number of carbonyl (C=O) groups is 3. The van der Waals surface area contributed by atoms with E-state index in [0.717, 1.165) is 0 Å². The highest BCUT2D eigenvalue weighted by atomic mass is 16.5. The minimum Gasteiger partial charge on any atom is -0.481 e. The number of nitrogens with zero attached hydrogens (tertiary/aromatic N) is 1. The normalized spacial score (nSPS) is 11.1. The fourth-order valence-corrected chi connectivity index (χ4v) is 2.60. The molecule has 1 amide bonds. The number of aromatic nitrogens is 1. The Balaban J connectivity index is 2.75. The van der Waals surface area contributed by atoms with E-state index in [-0.39, 0.29) is 11.3 Å². The molecule has 2 aromatic rings. The van der Waals surface area contributed by atoms with Gasteiger partial charge < -0.3 is 20.1 Å². The molecule has 1 aromatic heterocycles. The maximum atomic E-state index is 12.3. The molecule has 0 aliphatic carbocycles. The van der Waals surface area contributed by atoms with Crippen molar-refractivity contribution in [3.8, 4) is 5.75 Å². The number of fused-ring (bicyclic) bond motifs is 1. The van der Waals surface area contributed by atoms with Gasteiger partial charge in [-0.2, -0.15) is 0 Å². The van der Waals surface area contributed by atoms with E-state index in [1.165, 1.54) is 0 Å². The second kappa shape index (κ2) is 6.99. The number of carbonyl (C=O) groups excluding carboxylic acids is 2. The monoisotopic (exact) mass is 330 g/mol. The van der Waals surface area contributed by atoms with E-state index < -0.39 is 24.3 Å². The summed E-state index contributed by atoms with van der Waals surface area (Å²) >= 11 is 0. The molecule has 0 radical (unpaired) electrons. The number of primary amides is 1. The number of Topliss-reactive ketones (excluding diaryl/α,β-unsaturated/α-hetero) is 1. The number of amides is 1. The third-order valence-electron chi connectivity index (χ3n) is 3.64. The van der Waals surface area contributed by atoms with Crippen LogP contribution in [0.2, 0.25) is 0 Å². The van der Waals surface area contributed by atoms with Gasteiger partial charge >= 0.3 is 5.97 Å². The van der Waals surface area contributed by atoms with Crippen LogP contribution in [0.25, 0.3) is 10.9 Å². The number of rotatable bonds is 7. The van der Waals surface area contributed by atoms with Crippen LogP contribution in [0.4, 0.5) is 0 Å². The third kappa shape index (κ3) is 3.15. The number of ketones is 1. The van der Waals surface area contributed by atoms with Gasteiger partial charge in [0.25, 0.3) is 11.7 Å². The molecular formula is C17H18N2O5. The van der Waals surface area contributed by atoms with Crippen LogP contribution in [0.5, 0.6) is 5.75 Å². The van der Waals surface area contributed by atoms with E-state index in [4.69, 9.17) is 15.6 Å². The van der Waals surface area contributed by atoms with Crippen LogP contribution in [0.1, 0.15) is 23.0 Å². The Morgan fingerprint density at radius 1 is 1.33 bits per heavy atom. The van der Waals surface area contributed by atoms with Crippen molar-refractivity contribution < 1.29 is 24.2 Å². The Kier molecular flexibility index (Phi) is 5.03. The highest BCUT2D eigenvalue weighted by molar-refractivity contribution is 6.45. The van der Waals surface area contributed by atoms with E-state index in [9.17, 15) is 14.4 Å². The van der Waals surface area contributed by atoms with Crippen molar-refractivity contribution in [1.82, 2.24) is 4.57 Å². The van der Waals surface area contributed by atoms with Gasteiger partial charge in [0.15, 0.2) is 6.61 Å². The SMILES string of the molecule is C/C=C/Cn1c(C)c(C(=O)C(N)=O)c2c(OCC(=O)O)cccc21. The average molecular weight is 330 g/mol. The van der Waals surface area contributed by atoms with Crippen molar-refractivity contribution >= 4 is 28.6 Å². The molecule has 126 valence electrons. The smallest absolute Gasteiger partial charge is 0.341 e. The summed E-state index contributed by atoms with van der Waals surface area (Å²) in [5.74, 6) is -2.82. The van der Waals surface area contributed by atoms with E-state index in [1.807, 2.05) is 23.6 Å². The molecule has 0 bridgehead atoms. The molecule has 0 saturated heterocycles. The number of ether oxygens (including phenoxy) is 1. The van der Waals surface area contributed by atoms with Crippen molar-refractivity contribution in [2.45, 2.75) is 20.4 Å². The van der Waals surface area contributed by atoms with Gasteiger partial charge in [-0.05, 0) is 26.0 Å². The minimum absolute atomic E-state index is 0.142. The largest absolute Gasteiger partial charge is 0.481 e. The first-order valence-corrected chi connectivity index (χ1v) is 7.30. The van der Waals surface area contributed by atoms with Crippen LogP contribution < -0.4 is 10.5 Å². The summed E-state index contributed by atoms with van der Waals surface area (Å²) in [6.45, 7) is 3.52. The van der Waals surface area contributed by atoms with Gasteiger partial charge in [-0.15, -0.1) is 0 Å². The predicted molar refractivity (Wildman–Crippen MR) is 88.1 cm³/mol. The average Bonchev–Trinajstić information content (AvgIpc) is 2.82. The zero-order chi connectivity index (χ0) is 17.9. The number of aliphatic carboxylic acids is 1. The summed E-state index contributed by atoms with van der Waals surface area (Å²) in [5, 5.41) is 9.20. The van der Waals surface area contributed by atoms with Gasteiger partial charge in [0.05, 0.1) is 16.5 Å². The van der Waals surface area contributed by atoms with Crippen molar-refractivity contribution in [2.75, 3.05) is 6.61 Å². The van der Waals surface area contributed by atoms with Crippen molar-refractivity contribution in [1.29, 1.82) is 0 Å². The van der Waals surface area contributed by atoms with Crippen LogP contribution in [-0.2, 0) is 16.1 Å². The highest BCUT2D eigenvalue weighted by Gasteiger charge is 2.25. The third-order valence-corrected chi connectivity index (χ3v) is 3.64. The number of carboxylic acid groups (broad SMARTS) is 1. The molecule has 7 nitrogen and oxygen atoms in total. The molecule has 0 aliphatic heterocycles. The lowest BCUT2D eigenvalue weighted by Crippen LogP contribution is -2.24. The summed E-state index contributed by atoms with van der Waals surface area (Å²) in [6.07, 6.45) is 3.77. The van der Waals surface area contributed by atoms with Crippen LogP contribution in [0.15, 0.2) is 30.4 Å². The summed E-state index contributed by atoms with van der Waals surface area (Å²) in [5.41, 5.74) is 6.54. The van der Waals surface area contributed by atoms with E-state index in [2.05, 4.69) is 0 Å². The highest BCUT2D eigenvalue weighted by Crippen LogP contribution is 2.34. The second-order valence-corrected chi connectivity index (χ2v) is 5.17. The standard InChI is InChI=1S/C17H18N2O5/c1-3-4-8-19-10(2)14(16(22)17(18)23)15-11(19)6-5-7-12(15)24-9-13(20)21/h3-7H,8-9H2,1-2H3,(H2,18,23)(H,20,21)/b4-3+. The van der Waals surface area contributed by atoms with Gasteiger partial charge in [-0.3, -0.25) is 9.59 Å². The zero-order valence-corrected chi connectivity index (χ0v) is 13.4. The number of carboxylic acids is 1. The number of hydrogen-bond donors (Lipinski definition) is 2. The van der Waals surface area contributed by atoms with Gasteiger partial charge in [0, 0.05) is 12.2 Å². The fourth-order valence-electron chi connectivity index (χ4n) is 2.60. The van der Waals surface area contributed by atoms with Crippen LogP contribution in [0.3, 0.4) is 0 Å². The molecule has 0 saturated carbocycles. The van der Waals surface area contributed by atoms with Crippen LogP contribution in [0, 0.1) is 6.92 Å². The molecule has 24 heavy (non-hydrogen) atoms. The molecule has 0 spiro atoms. The van der Waals surface area contributed by atoms with Gasteiger partial charge in [0.2, 0.25) is 0 Å². The predicted octanol–water partition coefficient (Wildman–Crippen LogP) is 1.66. The Bertz CT molecular complexity index is 848. The van der Waals surface area contributed by atoms with E-state index in [0.29, 0.717) is 23.1 Å². The summed E-state index contributed by atoms with van der Waals surface area (Å²) in [6, 6.07) is 5.03. The second-order valence-electron chi connectivity index (χ2n) is 5.17. The summed E-state index contributed by atoms with van der Waals surface area (Å²) < 4.78 is 7.14. The number of allylic oxidation sites excluding steroid dienone is 2. The maximum absolute atomic E-state index is 12.3. The Morgan fingerprint density at radius 2 is 2.04 bits per heavy atom. The summed E-state index contributed by atoms with van der Waals surface area (Å²) in [7, 11) is 0. The Labute approximate surface area is 138 Å². The van der Waals surface area contributed by atoms with Crippen LogP contribution >= 0.6 is 0 Å².